The molecule has 1 aromatic carbocycles. The highest BCUT2D eigenvalue weighted by Gasteiger charge is 2.14. The fraction of sp³-hybridized carbons (Fsp3) is 0.211. The van der Waals surface area contributed by atoms with Crippen LogP contribution in [0.3, 0.4) is 0 Å². The standard InChI is InChI=1S/C19H20N4O/c1-2-3-15-24-23(17-7-5-4-6-8-17)19-21-14-11-18(22-19)16-9-12-20-13-10-16/h4-14H,2-3,15H2,1H3. The molecule has 3 aromatic rings. The van der Waals surface area contributed by atoms with Crippen molar-refractivity contribution in [1.29, 1.82) is 0 Å². The summed E-state index contributed by atoms with van der Waals surface area (Å²) in [5, 5.41) is 1.69. The highest BCUT2D eigenvalue weighted by Crippen LogP contribution is 2.24. The van der Waals surface area contributed by atoms with Gasteiger partial charge in [0.1, 0.15) is 0 Å². The molecule has 0 aliphatic carbocycles. The van der Waals surface area contributed by atoms with Crippen LogP contribution in [0.25, 0.3) is 11.3 Å². The zero-order chi connectivity index (χ0) is 16.6. The second-order valence-corrected chi connectivity index (χ2v) is 5.29. The quantitative estimate of drug-likeness (QED) is 0.477. The van der Waals surface area contributed by atoms with E-state index in [2.05, 4.69) is 21.9 Å². The van der Waals surface area contributed by atoms with Crippen LogP contribution in [0, 0.1) is 0 Å². The average Bonchev–Trinajstić information content (AvgIpc) is 2.67. The first-order chi connectivity index (χ1) is 11.9. The van der Waals surface area contributed by atoms with Crippen molar-refractivity contribution in [3.05, 3.63) is 67.1 Å². The van der Waals surface area contributed by atoms with Gasteiger partial charge < -0.3 is 0 Å². The molecule has 5 nitrogen and oxygen atoms in total. The van der Waals surface area contributed by atoms with Gasteiger partial charge in [-0.25, -0.2) is 9.97 Å². The zero-order valence-electron chi connectivity index (χ0n) is 13.7. The Morgan fingerprint density at radius 1 is 0.958 bits per heavy atom. The lowest BCUT2D eigenvalue weighted by Crippen LogP contribution is -2.21. The maximum atomic E-state index is 5.94. The van der Waals surface area contributed by atoms with Crippen LogP contribution < -0.4 is 5.06 Å². The van der Waals surface area contributed by atoms with E-state index in [4.69, 9.17) is 4.84 Å². The first-order valence-corrected chi connectivity index (χ1v) is 8.10. The lowest BCUT2D eigenvalue weighted by Gasteiger charge is -2.22. The number of hydrogen-bond acceptors (Lipinski definition) is 5. The summed E-state index contributed by atoms with van der Waals surface area (Å²) < 4.78 is 0. The topological polar surface area (TPSA) is 51.1 Å². The molecule has 2 heterocycles. The van der Waals surface area contributed by atoms with Gasteiger partial charge >= 0.3 is 0 Å². The van der Waals surface area contributed by atoms with Crippen molar-refractivity contribution in [3.63, 3.8) is 0 Å². The summed E-state index contributed by atoms with van der Waals surface area (Å²) in [6.07, 6.45) is 7.30. The van der Waals surface area contributed by atoms with E-state index in [-0.39, 0.29) is 0 Å². The van der Waals surface area contributed by atoms with Crippen molar-refractivity contribution in [3.8, 4) is 11.3 Å². The van der Waals surface area contributed by atoms with Gasteiger partial charge in [0.05, 0.1) is 18.0 Å². The molecule has 0 aliphatic heterocycles. The van der Waals surface area contributed by atoms with E-state index in [9.17, 15) is 0 Å². The fourth-order valence-corrected chi connectivity index (χ4v) is 2.24. The molecule has 0 unspecified atom stereocenters. The molecular formula is C19H20N4O. The molecular weight excluding hydrogens is 300 g/mol. The van der Waals surface area contributed by atoms with Crippen LogP contribution in [-0.2, 0) is 4.84 Å². The molecule has 0 spiro atoms. The highest BCUT2D eigenvalue weighted by molar-refractivity contribution is 5.61. The largest absolute Gasteiger partial charge is 0.266 e. The number of pyridine rings is 1. The Kier molecular flexibility index (Phi) is 5.48. The Balaban J connectivity index is 1.92. The monoisotopic (exact) mass is 320 g/mol. The Morgan fingerprint density at radius 3 is 2.50 bits per heavy atom. The molecule has 0 saturated carbocycles. The number of anilines is 2. The number of benzene rings is 1. The van der Waals surface area contributed by atoms with Gasteiger partial charge in [-0.3, -0.25) is 9.82 Å². The smallest absolute Gasteiger partial charge is 0.255 e. The van der Waals surface area contributed by atoms with Crippen LogP contribution in [-0.4, -0.2) is 21.6 Å². The third-order valence-corrected chi connectivity index (χ3v) is 3.51. The van der Waals surface area contributed by atoms with Crippen molar-refractivity contribution in [1.82, 2.24) is 15.0 Å². The molecule has 0 atom stereocenters. The van der Waals surface area contributed by atoms with Crippen molar-refractivity contribution >= 4 is 11.6 Å². The lowest BCUT2D eigenvalue weighted by atomic mass is 10.2. The molecule has 5 heteroatoms. The zero-order valence-corrected chi connectivity index (χ0v) is 13.7. The number of para-hydroxylation sites is 1. The van der Waals surface area contributed by atoms with Crippen molar-refractivity contribution < 1.29 is 4.84 Å². The minimum absolute atomic E-state index is 0.520. The Bertz CT molecular complexity index is 750. The van der Waals surface area contributed by atoms with E-state index in [1.807, 2.05) is 48.5 Å². The molecule has 0 radical (unpaired) electrons. The van der Waals surface area contributed by atoms with Gasteiger partial charge in [-0.2, -0.15) is 5.06 Å². The van der Waals surface area contributed by atoms with Crippen LogP contribution in [0.15, 0.2) is 67.1 Å². The first-order valence-electron chi connectivity index (χ1n) is 8.10. The highest BCUT2D eigenvalue weighted by atomic mass is 16.7. The second-order valence-electron chi connectivity index (χ2n) is 5.29. The molecule has 24 heavy (non-hydrogen) atoms. The average molecular weight is 320 g/mol. The fourth-order valence-electron chi connectivity index (χ4n) is 2.24. The van der Waals surface area contributed by atoms with Crippen LogP contribution in [0.1, 0.15) is 19.8 Å². The third-order valence-electron chi connectivity index (χ3n) is 3.51. The van der Waals surface area contributed by atoms with Crippen molar-refractivity contribution in [2.24, 2.45) is 0 Å². The van der Waals surface area contributed by atoms with Crippen molar-refractivity contribution in [2.75, 3.05) is 11.7 Å². The van der Waals surface area contributed by atoms with Gasteiger partial charge in [0.25, 0.3) is 5.95 Å². The number of unbranched alkanes of at least 4 members (excludes halogenated alkanes) is 1. The summed E-state index contributed by atoms with van der Waals surface area (Å²) in [7, 11) is 0. The van der Waals surface area contributed by atoms with Crippen LogP contribution in [0.4, 0.5) is 11.6 Å². The second kappa shape index (κ2) is 8.17. The Morgan fingerprint density at radius 2 is 1.75 bits per heavy atom. The molecule has 0 saturated heterocycles. The Labute approximate surface area is 141 Å². The number of rotatable bonds is 7. The maximum Gasteiger partial charge on any atom is 0.255 e. The number of nitrogens with zero attached hydrogens (tertiary/aromatic N) is 4. The third kappa shape index (κ3) is 3.94. The summed E-state index contributed by atoms with van der Waals surface area (Å²) >= 11 is 0. The predicted octanol–water partition coefficient (Wildman–Crippen LogP) is 4.41. The van der Waals surface area contributed by atoms with E-state index >= 15 is 0 Å². The lowest BCUT2D eigenvalue weighted by molar-refractivity contribution is 0.129. The minimum Gasteiger partial charge on any atom is -0.266 e. The van der Waals surface area contributed by atoms with Crippen LogP contribution in [0.5, 0.6) is 0 Å². The maximum absolute atomic E-state index is 5.94. The molecule has 0 bridgehead atoms. The molecule has 0 N–H and O–H groups in total. The van der Waals surface area contributed by atoms with Gasteiger partial charge in [0.15, 0.2) is 0 Å². The van der Waals surface area contributed by atoms with E-state index < -0.39 is 0 Å². The molecule has 0 amide bonds. The van der Waals surface area contributed by atoms with Crippen LogP contribution in [0.2, 0.25) is 0 Å². The molecule has 2 aromatic heterocycles. The van der Waals surface area contributed by atoms with E-state index in [0.29, 0.717) is 12.6 Å². The SMILES string of the molecule is CCCCON(c1ccccc1)c1nccc(-c2ccncc2)n1. The molecule has 0 fully saturated rings. The summed E-state index contributed by atoms with van der Waals surface area (Å²) in [6.45, 7) is 2.75. The van der Waals surface area contributed by atoms with Gasteiger partial charge in [-0.1, -0.05) is 31.5 Å². The Hall–Kier alpha value is -2.79. The summed E-state index contributed by atoms with van der Waals surface area (Å²) in [5.41, 5.74) is 2.73. The molecule has 0 aliphatic rings. The van der Waals surface area contributed by atoms with Gasteiger partial charge in [-0.05, 0) is 36.8 Å². The van der Waals surface area contributed by atoms with E-state index in [1.54, 1.807) is 23.7 Å². The molecule has 122 valence electrons. The summed E-state index contributed by atoms with van der Waals surface area (Å²) in [4.78, 5) is 19.0. The van der Waals surface area contributed by atoms with E-state index in [0.717, 1.165) is 29.8 Å². The van der Waals surface area contributed by atoms with Crippen molar-refractivity contribution in [2.45, 2.75) is 19.8 Å². The van der Waals surface area contributed by atoms with Crippen LogP contribution >= 0.6 is 0 Å². The first kappa shape index (κ1) is 16.1. The predicted molar refractivity (Wildman–Crippen MR) is 94.7 cm³/mol. The molecule has 3 rings (SSSR count). The van der Waals surface area contributed by atoms with E-state index in [1.165, 1.54) is 0 Å². The number of aromatic nitrogens is 3. The van der Waals surface area contributed by atoms with Gasteiger partial charge in [0, 0.05) is 24.2 Å². The number of hydrogen-bond donors (Lipinski definition) is 0. The minimum atomic E-state index is 0.520. The van der Waals surface area contributed by atoms with Gasteiger partial charge in [-0.15, -0.1) is 0 Å². The normalized spacial score (nSPS) is 10.5. The summed E-state index contributed by atoms with van der Waals surface area (Å²) in [5.74, 6) is 0.520. The summed E-state index contributed by atoms with van der Waals surface area (Å²) in [6, 6.07) is 15.6. The van der Waals surface area contributed by atoms with Gasteiger partial charge in [0.2, 0.25) is 0 Å².